The average Bonchev–Trinajstić information content (AvgIpc) is 3.36. The van der Waals surface area contributed by atoms with Gasteiger partial charge in [-0.15, -0.1) is 13.2 Å². The van der Waals surface area contributed by atoms with Gasteiger partial charge in [0, 0.05) is 38.0 Å². The van der Waals surface area contributed by atoms with E-state index in [2.05, 4.69) is 20.1 Å². The molecule has 4 rings (SSSR count). The van der Waals surface area contributed by atoms with Crippen molar-refractivity contribution in [2.45, 2.75) is 37.4 Å². The number of carbonyl (C=O) groups excluding carboxylic acids is 2. The van der Waals surface area contributed by atoms with Crippen molar-refractivity contribution in [3.8, 4) is 22.8 Å². The van der Waals surface area contributed by atoms with E-state index in [0.29, 0.717) is 16.8 Å². The topological polar surface area (TPSA) is 133 Å². The molecule has 0 spiro atoms. The van der Waals surface area contributed by atoms with Gasteiger partial charge in [0.1, 0.15) is 17.7 Å². The number of ether oxygens (including phenoxy) is 2. The second-order valence-electron chi connectivity index (χ2n) is 9.64. The van der Waals surface area contributed by atoms with Crippen molar-refractivity contribution in [2.75, 3.05) is 26.4 Å². The molecule has 1 saturated heterocycles. The van der Waals surface area contributed by atoms with E-state index in [1.54, 1.807) is 0 Å². The number of aromatic nitrogens is 3. The molecule has 0 radical (unpaired) electrons. The molecule has 11 nitrogen and oxygen atoms in total. The maximum atomic E-state index is 15.2. The molecular weight excluding hydrogens is 586 g/mol. The minimum Gasteiger partial charge on any atom is -0.485 e. The number of benzene rings is 1. The van der Waals surface area contributed by atoms with Gasteiger partial charge >= 0.3 is 6.36 Å². The number of sulfone groups is 1. The summed E-state index contributed by atoms with van der Waals surface area (Å²) in [4.78, 5) is 30.9. The van der Waals surface area contributed by atoms with Crippen LogP contribution in [0.25, 0.3) is 11.3 Å². The Morgan fingerprint density at radius 2 is 1.88 bits per heavy atom. The number of hydrogen-bond donors (Lipinski definition) is 1. The van der Waals surface area contributed by atoms with Crippen LogP contribution in [-0.2, 0) is 26.9 Å². The zero-order chi connectivity index (χ0) is 30.7. The molecule has 3 heterocycles. The molecule has 2 atom stereocenters. The normalized spacial score (nSPS) is 17.5. The molecule has 1 aromatic carbocycles. The van der Waals surface area contributed by atoms with Crippen molar-refractivity contribution in [2.24, 2.45) is 0 Å². The van der Waals surface area contributed by atoms with Crippen LogP contribution in [0, 0.1) is 0 Å². The van der Waals surface area contributed by atoms with Crippen LogP contribution in [0.1, 0.15) is 22.3 Å². The first-order valence-corrected chi connectivity index (χ1v) is 14.6. The monoisotopic (exact) mass is 613 g/mol. The minimum absolute atomic E-state index is 0.0234. The zero-order valence-electron chi connectivity index (χ0n) is 22.5. The highest BCUT2D eigenvalue weighted by atomic mass is 32.2. The van der Waals surface area contributed by atoms with Crippen LogP contribution in [-0.4, -0.2) is 84.9 Å². The summed E-state index contributed by atoms with van der Waals surface area (Å²) in [5.74, 6) is -1.66. The molecule has 16 heteroatoms. The van der Waals surface area contributed by atoms with Gasteiger partial charge in [-0.1, -0.05) is 12.1 Å². The third kappa shape index (κ3) is 8.18. The number of pyridine rings is 1. The fraction of sp³-hybridized carbons (Fsp3) is 0.385. The van der Waals surface area contributed by atoms with Gasteiger partial charge in [0.2, 0.25) is 5.91 Å². The second kappa shape index (κ2) is 12.3. The Labute approximate surface area is 238 Å². The van der Waals surface area contributed by atoms with Gasteiger partial charge in [0.15, 0.2) is 21.8 Å². The lowest BCUT2D eigenvalue weighted by Crippen LogP contribution is -2.49. The van der Waals surface area contributed by atoms with Gasteiger partial charge in [-0.3, -0.25) is 19.3 Å². The van der Waals surface area contributed by atoms with E-state index in [4.69, 9.17) is 4.74 Å². The van der Waals surface area contributed by atoms with Crippen LogP contribution in [0.15, 0.2) is 48.9 Å². The third-order valence-corrected chi connectivity index (χ3v) is 6.99. The van der Waals surface area contributed by atoms with Gasteiger partial charge in [-0.05, 0) is 23.8 Å². The summed E-state index contributed by atoms with van der Waals surface area (Å²) in [5, 5.41) is 6.49. The molecule has 0 aliphatic carbocycles. The summed E-state index contributed by atoms with van der Waals surface area (Å²) < 4.78 is 86.2. The number of carbonyl (C=O) groups is 2. The van der Waals surface area contributed by atoms with Crippen molar-refractivity contribution < 1.29 is 45.0 Å². The van der Waals surface area contributed by atoms with Crippen LogP contribution in [0.2, 0.25) is 0 Å². The fourth-order valence-electron chi connectivity index (χ4n) is 4.31. The number of nitrogens with zero attached hydrogens (tertiary/aromatic N) is 4. The Hall–Kier alpha value is -4.21. The van der Waals surface area contributed by atoms with Gasteiger partial charge < -0.3 is 19.7 Å². The summed E-state index contributed by atoms with van der Waals surface area (Å²) in [7, 11) is -1.92. The van der Waals surface area contributed by atoms with E-state index >= 15 is 4.39 Å². The molecule has 1 fully saturated rings. The third-order valence-electron chi connectivity index (χ3n) is 6.26. The quantitative estimate of drug-likeness (QED) is 0.365. The summed E-state index contributed by atoms with van der Waals surface area (Å²) >= 11 is 0. The molecule has 42 heavy (non-hydrogen) atoms. The van der Waals surface area contributed by atoms with E-state index in [-0.39, 0.29) is 43.1 Å². The Balaban J connectivity index is 1.40. The highest BCUT2D eigenvalue weighted by Gasteiger charge is 2.34. The van der Waals surface area contributed by atoms with Crippen molar-refractivity contribution in [1.29, 1.82) is 0 Å². The van der Waals surface area contributed by atoms with E-state index in [9.17, 15) is 31.2 Å². The molecule has 1 N–H and O–H groups in total. The lowest BCUT2D eigenvalue weighted by atomic mass is 10.0. The maximum absolute atomic E-state index is 15.2. The fourth-order valence-corrected chi connectivity index (χ4v) is 4.94. The van der Waals surface area contributed by atoms with Crippen LogP contribution in [0.5, 0.6) is 11.5 Å². The van der Waals surface area contributed by atoms with Crippen LogP contribution < -0.4 is 14.8 Å². The molecule has 1 unspecified atom stereocenters. The van der Waals surface area contributed by atoms with Gasteiger partial charge in [-0.2, -0.15) is 5.10 Å². The highest BCUT2D eigenvalue weighted by molar-refractivity contribution is 7.89. The highest BCUT2D eigenvalue weighted by Crippen LogP contribution is 2.28. The molecule has 0 saturated carbocycles. The molecular formula is C26H27F4N5O6S. The Morgan fingerprint density at radius 3 is 2.50 bits per heavy atom. The van der Waals surface area contributed by atoms with Crippen LogP contribution in [0.4, 0.5) is 17.6 Å². The number of amides is 2. The number of rotatable bonds is 9. The predicted molar refractivity (Wildman–Crippen MR) is 141 cm³/mol. The maximum Gasteiger partial charge on any atom is 0.573 e. The average molecular weight is 614 g/mol. The smallest absolute Gasteiger partial charge is 0.485 e. The molecule has 0 bridgehead atoms. The zero-order valence-corrected chi connectivity index (χ0v) is 23.3. The molecule has 2 aromatic heterocycles. The number of nitrogens with one attached hydrogen (secondary N) is 1. The van der Waals surface area contributed by atoms with Crippen molar-refractivity contribution in [1.82, 2.24) is 25.0 Å². The largest absolute Gasteiger partial charge is 0.573 e. The van der Waals surface area contributed by atoms with E-state index in [0.717, 1.165) is 18.4 Å². The van der Waals surface area contributed by atoms with Gasteiger partial charge in [0.25, 0.3) is 5.91 Å². The minimum atomic E-state index is -4.83. The second-order valence-corrected chi connectivity index (χ2v) is 11.7. The summed E-state index contributed by atoms with van der Waals surface area (Å²) in [6.45, 7) is -0.126. The Morgan fingerprint density at radius 1 is 1.17 bits per heavy atom. The van der Waals surface area contributed by atoms with Gasteiger partial charge in [0.05, 0.1) is 36.6 Å². The van der Waals surface area contributed by atoms with E-state index < -0.39 is 46.0 Å². The lowest BCUT2D eigenvalue weighted by Gasteiger charge is -2.35. The van der Waals surface area contributed by atoms with Crippen molar-refractivity contribution in [3.05, 3.63) is 60.0 Å². The van der Waals surface area contributed by atoms with E-state index in [1.807, 2.05) is 0 Å². The van der Waals surface area contributed by atoms with E-state index in [1.165, 1.54) is 53.4 Å². The first-order valence-electron chi connectivity index (χ1n) is 12.6. The van der Waals surface area contributed by atoms with Crippen LogP contribution in [0.3, 0.4) is 0 Å². The summed E-state index contributed by atoms with van der Waals surface area (Å²) in [6.07, 6.45) is -2.24. The first-order chi connectivity index (χ1) is 19.7. The number of halogens is 4. The van der Waals surface area contributed by atoms with Gasteiger partial charge in [-0.25, -0.2) is 12.8 Å². The van der Waals surface area contributed by atoms with Crippen LogP contribution >= 0.6 is 0 Å². The Bertz CT molecular complexity index is 1550. The standard InChI is InChI=1S/C26H27F4N5O6S/c1-31-25(37)19-10-21(17-11-33-35(13-17)15-42(2,38)39)32-12-23(19)40-22-7-8-34(14-20(22)27)24(36)9-16-3-5-18(6-4-16)41-26(28,29)30/h3-6,10-13,20,22H,7-9,14-15H2,1-2H3,(H,31,37)/t20?,22-/m1/s1. The first kappa shape index (κ1) is 30.7. The molecule has 3 aromatic rings. The van der Waals surface area contributed by atoms with Crippen molar-refractivity contribution >= 4 is 21.7 Å². The lowest BCUT2D eigenvalue weighted by molar-refractivity contribution is -0.274. The predicted octanol–water partition coefficient (Wildman–Crippen LogP) is 2.77. The number of piperidine rings is 1. The molecule has 1 aliphatic heterocycles. The summed E-state index contributed by atoms with van der Waals surface area (Å²) in [6, 6.07) is 6.27. The number of likely N-dealkylation sites (tertiary alicyclic amines) is 1. The Kier molecular flexibility index (Phi) is 9.03. The number of hydrogen-bond acceptors (Lipinski definition) is 8. The SMILES string of the molecule is CNC(=O)c1cc(-c2cnn(CS(C)(=O)=O)c2)ncc1O[C@@H]1CCN(C(=O)Cc2ccc(OC(F)(F)F)cc2)CC1F. The molecule has 226 valence electrons. The molecule has 1 aliphatic rings. The summed E-state index contributed by atoms with van der Waals surface area (Å²) in [5.41, 5.74) is 1.28. The number of alkyl halides is 4. The molecule has 2 amide bonds. The van der Waals surface area contributed by atoms with Crippen molar-refractivity contribution in [3.63, 3.8) is 0 Å².